The van der Waals surface area contributed by atoms with Gasteiger partial charge in [-0.15, -0.1) is 0 Å². The molecule has 1 aromatic rings. The van der Waals surface area contributed by atoms with Crippen molar-refractivity contribution in [2.45, 2.75) is 44.1 Å². The summed E-state index contributed by atoms with van der Waals surface area (Å²) in [6.07, 6.45) is 10.8. The number of aryl methyl sites for hydroxylation is 1. The van der Waals surface area contributed by atoms with Crippen molar-refractivity contribution in [1.29, 1.82) is 0 Å². The summed E-state index contributed by atoms with van der Waals surface area (Å²) in [5.74, 6) is 4.12. The SMILES string of the molecule is Cn1cc([C@H]2CNC[C@@H]2C(=O)NC2CC3CC2C2CCCC32)cn1. The number of carbonyl (C=O) groups excluding carboxylic acids is 1. The van der Waals surface area contributed by atoms with Crippen LogP contribution in [0.1, 0.15) is 43.6 Å². The Balaban J connectivity index is 1.27. The van der Waals surface area contributed by atoms with Gasteiger partial charge in [-0.2, -0.15) is 5.10 Å². The van der Waals surface area contributed by atoms with Gasteiger partial charge in [0.25, 0.3) is 0 Å². The van der Waals surface area contributed by atoms with Gasteiger partial charge in [-0.05, 0) is 54.9 Å². The van der Waals surface area contributed by atoms with Crippen molar-refractivity contribution in [1.82, 2.24) is 20.4 Å². The summed E-state index contributed by atoms with van der Waals surface area (Å²) in [4.78, 5) is 13.0. The number of nitrogens with zero attached hydrogens (tertiary/aromatic N) is 2. The second-order valence-corrected chi connectivity index (χ2v) is 8.59. The lowest BCUT2D eigenvalue weighted by Gasteiger charge is -2.33. The van der Waals surface area contributed by atoms with Crippen LogP contribution in [0.2, 0.25) is 0 Å². The summed E-state index contributed by atoms with van der Waals surface area (Å²) < 4.78 is 1.83. The predicted molar refractivity (Wildman–Crippen MR) is 91.3 cm³/mol. The monoisotopic (exact) mass is 328 g/mol. The van der Waals surface area contributed by atoms with Crippen LogP contribution in [0, 0.1) is 29.6 Å². The molecule has 7 atom stereocenters. The number of nitrogens with one attached hydrogen (secondary N) is 2. The number of carbonyl (C=O) groups is 1. The van der Waals surface area contributed by atoms with Crippen LogP contribution in [0.15, 0.2) is 12.4 Å². The first-order chi connectivity index (χ1) is 11.7. The Hall–Kier alpha value is -1.36. The van der Waals surface area contributed by atoms with Crippen LogP contribution in [0.5, 0.6) is 0 Å². The summed E-state index contributed by atoms with van der Waals surface area (Å²) in [7, 11) is 1.94. The first-order valence-corrected chi connectivity index (χ1v) is 9.70. The van der Waals surface area contributed by atoms with E-state index in [0.29, 0.717) is 6.04 Å². The number of aromatic nitrogens is 2. The first-order valence-electron chi connectivity index (χ1n) is 9.70. The molecule has 4 fully saturated rings. The third-order valence-electron chi connectivity index (χ3n) is 7.46. The molecule has 4 aliphatic rings. The molecule has 2 bridgehead atoms. The number of fused-ring (bicyclic) bond motifs is 5. The molecular weight excluding hydrogens is 300 g/mol. The van der Waals surface area contributed by atoms with E-state index < -0.39 is 0 Å². The van der Waals surface area contributed by atoms with Crippen LogP contribution >= 0.6 is 0 Å². The maximum Gasteiger partial charge on any atom is 0.225 e. The van der Waals surface area contributed by atoms with E-state index in [2.05, 4.69) is 21.9 Å². The van der Waals surface area contributed by atoms with Gasteiger partial charge in [-0.3, -0.25) is 9.48 Å². The topological polar surface area (TPSA) is 59.0 Å². The number of hydrogen-bond donors (Lipinski definition) is 2. The molecule has 2 N–H and O–H groups in total. The van der Waals surface area contributed by atoms with E-state index >= 15 is 0 Å². The maximum atomic E-state index is 13.0. The van der Waals surface area contributed by atoms with Crippen molar-refractivity contribution in [3.8, 4) is 0 Å². The van der Waals surface area contributed by atoms with Crippen molar-refractivity contribution < 1.29 is 4.79 Å². The van der Waals surface area contributed by atoms with Gasteiger partial charge in [-0.1, -0.05) is 6.42 Å². The van der Waals surface area contributed by atoms with Gasteiger partial charge in [0, 0.05) is 38.3 Å². The molecule has 5 heteroatoms. The third-order valence-corrected chi connectivity index (χ3v) is 7.46. The Labute approximate surface area is 143 Å². The molecule has 0 spiro atoms. The summed E-state index contributed by atoms with van der Waals surface area (Å²) in [6, 6.07) is 0.442. The molecule has 0 aromatic carbocycles. The van der Waals surface area contributed by atoms with E-state index in [1.807, 2.05) is 17.9 Å². The van der Waals surface area contributed by atoms with Gasteiger partial charge in [-0.25, -0.2) is 0 Å². The minimum atomic E-state index is 0.0488. The van der Waals surface area contributed by atoms with Gasteiger partial charge in [0.2, 0.25) is 5.91 Å². The molecule has 24 heavy (non-hydrogen) atoms. The van der Waals surface area contributed by atoms with Gasteiger partial charge < -0.3 is 10.6 Å². The van der Waals surface area contributed by atoms with E-state index in [1.54, 1.807) is 0 Å². The van der Waals surface area contributed by atoms with Crippen LogP contribution in [-0.2, 0) is 11.8 Å². The smallest absolute Gasteiger partial charge is 0.225 e. The normalized spacial score (nSPS) is 43.3. The molecule has 5 unspecified atom stereocenters. The van der Waals surface area contributed by atoms with Crippen LogP contribution < -0.4 is 10.6 Å². The fraction of sp³-hybridized carbons (Fsp3) is 0.789. The van der Waals surface area contributed by atoms with Crippen LogP contribution in [0.4, 0.5) is 0 Å². The molecule has 2 heterocycles. The minimum absolute atomic E-state index is 0.0488. The number of amides is 1. The molecule has 1 saturated heterocycles. The molecule has 1 aliphatic heterocycles. The average Bonchev–Trinajstić information content (AvgIpc) is 3.34. The Kier molecular flexibility index (Phi) is 3.47. The molecule has 1 amide bonds. The van der Waals surface area contributed by atoms with Crippen LogP contribution in [0.3, 0.4) is 0 Å². The van der Waals surface area contributed by atoms with Crippen molar-refractivity contribution >= 4 is 5.91 Å². The van der Waals surface area contributed by atoms with Crippen molar-refractivity contribution in [2.24, 2.45) is 36.6 Å². The summed E-state index contributed by atoms with van der Waals surface area (Å²) in [5.41, 5.74) is 1.19. The molecule has 3 aliphatic carbocycles. The minimum Gasteiger partial charge on any atom is -0.353 e. The van der Waals surface area contributed by atoms with E-state index in [0.717, 1.165) is 36.8 Å². The number of hydrogen-bond acceptors (Lipinski definition) is 3. The second kappa shape index (κ2) is 5.58. The van der Waals surface area contributed by atoms with E-state index in [4.69, 9.17) is 0 Å². The zero-order valence-electron chi connectivity index (χ0n) is 14.4. The molecule has 5 nitrogen and oxygen atoms in total. The van der Waals surface area contributed by atoms with Crippen molar-refractivity contribution in [2.75, 3.05) is 13.1 Å². The quantitative estimate of drug-likeness (QED) is 0.887. The fourth-order valence-corrected chi connectivity index (χ4v) is 6.46. The molecule has 0 radical (unpaired) electrons. The zero-order chi connectivity index (χ0) is 16.3. The summed E-state index contributed by atoms with van der Waals surface area (Å²) >= 11 is 0. The lowest BCUT2D eigenvalue weighted by atomic mass is 9.79. The molecule has 5 rings (SSSR count). The zero-order valence-corrected chi connectivity index (χ0v) is 14.4. The Morgan fingerprint density at radius 3 is 2.96 bits per heavy atom. The van der Waals surface area contributed by atoms with Gasteiger partial charge >= 0.3 is 0 Å². The van der Waals surface area contributed by atoms with E-state index in [1.165, 1.54) is 37.7 Å². The van der Waals surface area contributed by atoms with Crippen LogP contribution in [-0.4, -0.2) is 34.8 Å². The highest BCUT2D eigenvalue weighted by Crippen LogP contribution is 2.58. The largest absolute Gasteiger partial charge is 0.353 e. The lowest BCUT2D eigenvalue weighted by Crippen LogP contribution is -2.46. The third kappa shape index (κ3) is 2.24. The standard InChI is InChI=1S/C19H28N4O/c1-23-10-12(7-21-23)16-8-20-9-17(16)19(24)22-18-6-11-5-15(18)14-4-2-3-13(11)14/h7,10-11,13-18,20H,2-6,8-9H2,1H3,(H,22,24)/t11?,13?,14?,15?,16-,17+,18?/m1/s1. The van der Waals surface area contributed by atoms with E-state index in [-0.39, 0.29) is 17.7 Å². The second-order valence-electron chi connectivity index (χ2n) is 8.59. The summed E-state index contributed by atoms with van der Waals surface area (Å²) in [6.45, 7) is 1.67. The molecule has 130 valence electrons. The Bertz CT molecular complexity index is 641. The Morgan fingerprint density at radius 1 is 1.25 bits per heavy atom. The van der Waals surface area contributed by atoms with Crippen LogP contribution in [0.25, 0.3) is 0 Å². The van der Waals surface area contributed by atoms with Gasteiger partial charge in [0.15, 0.2) is 0 Å². The van der Waals surface area contributed by atoms with Gasteiger partial charge in [0.05, 0.1) is 12.1 Å². The first kappa shape index (κ1) is 14.9. The maximum absolute atomic E-state index is 13.0. The predicted octanol–water partition coefficient (Wildman–Crippen LogP) is 1.66. The van der Waals surface area contributed by atoms with Crippen molar-refractivity contribution in [3.05, 3.63) is 18.0 Å². The molecule has 3 saturated carbocycles. The van der Waals surface area contributed by atoms with Crippen molar-refractivity contribution in [3.63, 3.8) is 0 Å². The lowest BCUT2D eigenvalue weighted by molar-refractivity contribution is -0.126. The highest BCUT2D eigenvalue weighted by atomic mass is 16.2. The van der Waals surface area contributed by atoms with Gasteiger partial charge in [0.1, 0.15) is 0 Å². The highest BCUT2D eigenvalue weighted by molar-refractivity contribution is 5.81. The van der Waals surface area contributed by atoms with E-state index in [9.17, 15) is 4.79 Å². The average molecular weight is 328 g/mol. The number of rotatable bonds is 3. The fourth-order valence-electron chi connectivity index (χ4n) is 6.46. The summed E-state index contributed by atoms with van der Waals surface area (Å²) in [5, 5.41) is 11.2. The molecule has 1 aromatic heterocycles. The highest BCUT2D eigenvalue weighted by Gasteiger charge is 2.54. The molecular formula is C19H28N4O. The Morgan fingerprint density at radius 2 is 2.12 bits per heavy atom.